The van der Waals surface area contributed by atoms with Gasteiger partial charge in [0.2, 0.25) is 10.0 Å². The third-order valence-electron chi connectivity index (χ3n) is 6.72. The number of amides is 1. The molecule has 0 unspecified atom stereocenters. The number of carbonyl (C=O) groups is 1. The van der Waals surface area contributed by atoms with E-state index in [0.717, 1.165) is 24.8 Å². The Morgan fingerprint density at radius 2 is 1.90 bits per heavy atom. The van der Waals surface area contributed by atoms with Crippen LogP contribution in [0.5, 0.6) is 5.75 Å². The summed E-state index contributed by atoms with van der Waals surface area (Å²) in [4.78, 5) is 14.9. The molecule has 222 valence electrons. The predicted octanol–water partition coefficient (Wildman–Crippen LogP) is 5.27. The second-order valence-electron chi connectivity index (χ2n) is 11.6. The van der Waals surface area contributed by atoms with Crippen LogP contribution in [0.15, 0.2) is 47.4 Å². The molecule has 2 atom stereocenters. The van der Waals surface area contributed by atoms with Crippen molar-refractivity contribution < 1.29 is 27.1 Å². The van der Waals surface area contributed by atoms with Crippen molar-refractivity contribution in [2.45, 2.75) is 89.3 Å². The van der Waals surface area contributed by atoms with Crippen LogP contribution in [0.4, 0.5) is 9.18 Å². The number of ether oxygens (including phenoxy) is 2. The smallest absolute Gasteiger partial charge is 0.410 e. The average Bonchev–Trinajstić information content (AvgIpc) is 2.85. The molecule has 1 fully saturated rings. The Morgan fingerprint density at radius 1 is 1.15 bits per heavy atom. The topological polar surface area (TPSA) is 102 Å². The molecule has 0 saturated carbocycles. The number of halogens is 1. The summed E-state index contributed by atoms with van der Waals surface area (Å²) in [5, 5.41) is 0. The van der Waals surface area contributed by atoms with Gasteiger partial charge in [-0.3, -0.25) is 0 Å². The fourth-order valence-corrected chi connectivity index (χ4v) is 6.41. The van der Waals surface area contributed by atoms with E-state index in [4.69, 9.17) is 15.2 Å². The summed E-state index contributed by atoms with van der Waals surface area (Å²) in [7, 11) is -3.77. The van der Waals surface area contributed by atoms with Crippen molar-refractivity contribution >= 4 is 16.1 Å². The molecular weight excluding hydrogens is 533 g/mol. The number of hydrogen-bond donors (Lipinski definition) is 1. The fraction of sp³-hybridized carbons (Fsp3) is 0.567. The van der Waals surface area contributed by atoms with E-state index in [0.29, 0.717) is 30.8 Å². The average molecular weight is 578 g/mol. The number of rotatable bonds is 11. The molecule has 2 aromatic carbocycles. The highest BCUT2D eigenvalue weighted by Crippen LogP contribution is 2.26. The third kappa shape index (κ3) is 9.17. The van der Waals surface area contributed by atoms with Crippen molar-refractivity contribution in [2.75, 3.05) is 26.2 Å². The van der Waals surface area contributed by atoms with E-state index < -0.39 is 39.6 Å². The molecule has 0 bridgehead atoms. The monoisotopic (exact) mass is 577 g/mol. The number of carbonyl (C=O) groups excluding carboxylic acids is 1. The van der Waals surface area contributed by atoms with Crippen LogP contribution in [0, 0.1) is 12.7 Å². The van der Waals surface area contributed by atoms with Gasteiger partial charge in [-0.25, -0.2) is 17.6 Å². The zero-order valence-corrected chi connectivity index (χ0v) is 25.2. The number of nitrogens with two attached hydrogens (primary N) is 1. The van der Waals surface area contributed by atoms with Gasteiger partial charge >= 0.3 is 6.09 Å². The minimum absolute atomic E-state index is 0.0815. The molecule has 2 N–H and O–H groups in total. The van der Waals surface area contributed by atoms with Gasteiger partial charge < -0.3 is 20.1 Å². The number of sulfonamides is 1. The van der Waals surface area contributed by atoms with Crippen LogP contribution in [0.3, 0.4) is 0 Å². The lowest BCUT2D eigenvalue weighted by atomic mass is 9.98. The standard InChI is InChI=1S/C30H44FN3O5S/c1-6-7-8-14-38-27-18-23(16-24(31)19-27)17-25(32)20-26-21-33(12-13-34(26)29(35)39-30(3,4)5)40(36,37)28-11-9-10-22(2)15-28/h9-11,15-16,18-19,25-26H,6-8,12-14,17,20-21,32H2,1-5H3/t25-,26-/m0/s1. The number of unbranched alkanes of at least 4 members (excludes halogenated alkanes) is 2. The van der Waals surface area contributed by atoms with Crippen LogP contribution in [0.2, 0.25) is 0 Å². The van der Waals surface area contributed by atoms with E-state index in [1.165, 1.54) is 16.4 Å². The summed E-state index contributed by atoms with van der Waals surface area (Å²) in [6.07, 6.45) is 3.14. The molecule has 1 saturated heterocycles. The number of aryl methyl sites for hydroxylation is 1. The number of benzene rings is 2. The lowest BCUT2D eigenvalue weighted by molar-refractivity contribution is 0.00426. The zero-order chi connectivity index (χ0) is 29.5. The minimum atomic E-state index is -3.77. The summed E-state index contributed by atoms with van der Waals surface area (Å²) in [6, 6.07) is 10.4. The number of hydrogen-bond acceptors (Lipinski definition) is 6. The van der Waals surface area contributed by atoms with Crippen molar-refractivity contribution in [2.24, 2.45) is 5.73 Å². The summed E-state index contributed by atoms with van der Waals surface area (Å²) < 4.78 is 54.1. The van der Waals surface area contributed by atoms with Gasteiger partial charge in [0.05, 0.1) is 17.5 Å². The summed E-state index contributed by atoms with van der Waals surface area (Å²) in [5.41, 5.74) is 7.36. The second kappa shape index (κ2) is 13.8. The summed E-state index contributed by atoms with van der Waals surface area (Å²) >= 11 is 0. The molecule has 40 heavy (non-hydrogen) atoms. The van der Waals surface area contributed by atoms with Gasteiger partial charge in [0.25, 0.3) is 0 Å². The van der Waals surface area contributed by atoms with Crippen LogP contribution in [-0.4, -0.2) is 67.6 Å². The van der Waals surface area contributed by atoms with Crippen LogP contribution in [-0.2, 0) is 21.2 Å². The highest BCUT2D eigenvalue weighted by atomic mass is 32.2. The Kier molecular flexibility index (Phi) is 11.0. The van der Waals surface area contributed by atoms with Gasteiger partial charge in [-0.05, 0) is 82.3 Å². The van der Waals surface area contributed by atoms with E-state index in [-0.39, 0.29) is 24.5 Å². The van der Waals surface area contributed by atoms with Crippen LogP contribution >= 0.6 is 0 Å². The summed E-state index contributed by atoms with van der Waals surface area (Å²) in [5.74, 6) is 0.0560. The van der Waals surface area contributed by atoms with Crippen molar-refractivity contribution in [1.82, 2.24) is 9.21 Å². The van der Waals surface area contributed by atoms with E-state index in [1.54, 1.807) is 49.9 Å². The fourth-order valence-electron chi connectivity index (χ4n) is 4.83. The highest BCUT2D eigenvalue weighted by molar-refractivity contribution is 7.89. The predicted molar refractivity (Wildman–Crippen MR) is 154 cm³/mol. The van der Waals surface area contributed by atoms with Crippen molar-refractivity contribution in [1.29, 1.82) is 0 Å². The molecule has 1 amide bonds. The van der Waals surface area contributed by atoms with Gasteiger partial charge in [0.15, 0.2) is 0 Å². The van der Waals surface area contributed by atoms with Gasteiger partial charge in [-0.1, -0.05) is 31.9 Å². The molecular formula is C30H44FN3O5S. The van der Waals surface area contributed by atoms with Crippen molar-refractivity contribution in [3.63, 3.8) is 0 Å². The first-order valence-corrected chi connectivity index (χ1v) is 15.5. The number of piperazine rings is 1. The summed E-state index contributed by atoms with van der Waals surface area (Å²) in [6.45, 7) is 10.2. The molecule has 10 heteroatoms. The minimum Gasteiger partial charge on any atom is -0.493 e. The Morgan fingerprint density at radius 3 is 2.58 bits per heavy atom. The molecule has 1 aliphatic heterocycles. The molecule has 1 heterocycles. The lowest BCUT2D eigenvalue weighted by Gasteiger charge is -2.42. The zero-order valence-electron chi connectivity index (χ0n) is 24.4. The Labute approximate surface area is 238 Å². The second-order valence-corrected chi connectivity index (χ2v) is 13.5. The first kappa shape index (κ1) is 31.8. The van der Waals surface area contributed by atoms with E-state index >= 15 is 0 Å². The van der Waals surface area contributed by atoms with Gasteiger partial charge in [0.1, 0.15) is 17.2 Å². The first-order valence-electron chi connectivity index (χ1n) is 14.0. The molecule has 8 nitrogen and oxygen atoms in total. The molecule has 0 aromatic heterocycles. The van der Waals surface area contributed by atoms with E-state index in [2.05, 4.69) is 6.92 Å². The SMILES string of the molecule is CCCCCOc1cc(F)cc(C[C@H](N)C[C@H]2CN(S(=O)(=O)c3cccc(C)c3)CCN2C(=O)OC(C)(C)C)c1. The highest BCUT2D eigenvalue weighted by Gasteiger charge is 2.38. The van der Waals surface area contributed by atoms with Crippen LogP contribution in [0.25, 0.3) is 0 Å². The van der Waals surface area contributed by atoms with Gasteiger partial charge in [0, 0.05) is 31.7 Å². The normalized spacial score (nSPS) is 17.5. The molecule has 0 spiro atoms. The quantitative estimate of drug-likeness (QED) is 0.365. The lowest BCUT2D eigenvalue weighted by Crippen LogP contribution is -2.58. The molecule has 2 aromatic rings. The molecule has 3 rings (SSSR count). The maximum Gasteiger partial charge on any atom is 0.410 e. The maximum absolute atomic E-state index is 14.3. The molecule has 0 aliphatic carbocycles. The Balaban J connectivity index is 1.77. The molecule has 0 radical (unpaired) electrons. The Hall–Kier alpha value is -2.69. The van der Waals surface area contributed by atoms with E-state index in [1.807, 2.05) is 13.0 Å². The van der Waals surface area contributed by atoms with E-state index in [9.17, 15) is 17.6 Å². The van der Waals surface area contributed by atoms with Gasteiger partial charge in [-0.15, -0.1) is 0 Å². The number of nitrogens with zero attached hydrogens (tertiary/aromatic N) is 2. The Bertz CT molecular complexity index is 1250. The van der Waals surface area contributed by atoms with Crippen molar-refractivity contribution in [3.8, 4) is 5.75 Å². The van der Waals surface area contributed by atoms with Crippen LogP contribution < -0.4 is 10.5 Å². The molecule has 1 aliphatic rings. The van der Waals surface area contributed by atoms with Crippen LogP contribution in [0.1, 0.15) is 64.5 Å². The largest absolute Gasteiger partial charge is 0.493 e. The van der Waals surface area contributed by atoms with Gasteiger partial charge in [-0.2, -0.15) is 4.31 Å². The third-order valence-corrected chi connectivity index (χ3v) is 8.58. The van der Waals surface area contributed by atoms with Crippen molar-refractivity contribution in [3.05, 3.63) is 59.4 Å². The maximum atomic E-state index is 14.3. The first-order chi connectivity index (χ1) is 18.8.